The van der Waals surface area contributed by atoms with Gasteiger partial charge in [0.05, 0.1) is 6.61 Å². The van der Waals surface area contributed by atoms with Gasteiger partial charge in [-0.25, -0.2) is 0 Å². The predicted molar refractivity (Wildman–Crippen MR) is 121 cm³/mol. The summed E-state index contributed by atoms with van der Waals surface area (Å²) >= 11 is 0. The van der Waals surface area contributed by atoms with Crippen LogP contribution < -0.4 is 4.74 Å². The zero-order valence-electron chi connectivity index (χ0n) is 18.6. The first-order valence-electron chi connectivity index (χ1n) is 12.5. The van der Waals surface area contributed by atoms with Gasteiger partial charge in [-0.05, 0) is 86.3 Å². The summed E-state index contributed by atoms with van der Waals surface area (Å²) in [4.78, 5) is 0. The molecule has 1 heteroatoms. The van der Waals surface area contributed by atoms with Crippen LogP contribution in [0.5, 0.6) is 5.75 Å². The lowest BCUT2D eigenvalue weighted by atomic mass is 9.68. The number of ether oxygens (including phenoxy) is 1. The van der Waals surface area contributed by atoms with Crippen LogP contribution in [0.4, 0.5) is 0 Å². The van der Waals surface area contributed by atoms with E-state index in [0.717, 1.165) is 42.4 Å². The molecule has 0 spiro atoms. The molecular formula is C27H44O. The molecule has 1 aromatic rings. The molecular weight excluding hydrogens is 340 g/mol. The van der Waals surface area contributed by atoms with Crippen molar-refractivity contribution in [1.29, 1.82) is 0 Å². The van der Waals surface area contributed by atoms with Crippen LogP contribution in [-0.2, 0) is 0 Å². The average Bonchev–Trinajstić information content (AvgIpc) is 2.75. The molecule has 0 bridgehead atoms. The minimum atomic E-state index is 0.784. The first-order chi connectivity index (χ1) is 13.8. The molecule has 2 fully saturated rings. The van der Waals surface area contributed by atoms with Crippen molar-refractivity contribution in [3.63, 3.8) is 0 Å². The second kappa shape index (κ2) is 11.9. The maximum Gasteiger partial charge on any atom is 0.119 e. The maximum absolute atomic E-state index is 5.82. The van der Waals surface area contributed by atoms with Crippen molar-refractivity contribution in [2.75, 3.05) is 6.61 Å². The summed E-state index contributed by atoms with van der Waals surface area (Å²) in [6.45, 7) is 5.38. The Hall–Kier alpha value is -0.980. The maximum atomic E-state index is 5.82. The van der Waals surface area contributed by atoms with Gasteiger partial charge in [-0.1, -0.05) is 70.9 Å². The molecule has 2 aliphatic rings. The van der Waals surface area contributed by atoms with Crippen LogP contribution in [0.1, 0.15) is 115 Å². The third kappa shape index (κ3) is 6.53. The van der Waals surface area contributed by atoms with E-state index in [2.05, 4.69) is 38.1 Å². The summed E-state index contributed by atoms with van der Waals surface area (Å²) in [5.41, 5.74) is 1.54. The van der Waals surface area contributed by atoms with Gasteiger partial charge in [0.1, 0.15) is 5.75 Å². The summed E-state index contributed by atoms with van der Waals surface area (Å²) in [6, 6.07) is 9.04. The first-order valence-corrected chi connectivity index (χ1v) is 12.5. The molecule has 0 atom stereocenters. The number of hydrogen-bond donors (Lipinski definition) is 0. The second-order valence-corrected chi connectivity index (χ2v) is 9.66. The van der Waals surface area contributed by atoms with Gasteiger partial charge in [-0.3, -0.25) is 0 Å². The van der Waals surface area contributed by atoms with E-state index >= 15 is 0 Å². The molecule has 0 amide bonds. The lowest BCUT2D eigenvalue weighted by molar-refractivity contribution is 0.155. The van der Waals surface area contributed by atoms with Gasteiger partial charge in [-0.15, -0.1) is 0 Å². The largest absolute Gasteiger partial charge is 0.494 e. The molecule has 2 saturated carbocycles. The summed E-state index contributed by atoms with van der Waals surface area (Å²) in [7, 11) is 0. The van der Waals surface area contributed by atoms with Gasteiger partial charge in [0.15, 0.2) is 0 Å². The van der Waals surface area contributed by atoms with E-state index < -0.39 is 0 Å². The quantitative estimate of drug-likeness (QED) is 0.367. The van der Waals surface area contributed by atoms with Crippen LogP contribution in [0.3, 0.4) is 0 Å². The molecule has 28 heavy (non-hydrogen) atoms. The average molecular weight is 385 g/mol. The summed E-state index contributed by atoms with van der Waals surface area (Å²) in [5.74, 6) is 4.94. The third-order valence-corrected chi connectivity index (χ3v) is 7.66. The van der Waals surface area contributed by atoms with Crippen molar-refractivity contribution in [2.24, 2.45) is 17.8 Å². The fourth-order valence-corrected chi connectivity index (χ4v) is 5.73. The zero-order valence-corrected chi connectivity index (χ0v) is 18.6. The Morgan fingerprint density at radius 2 is 1.32 bits per heavy atom. The monoisotopic (exact) mass is 384 g/mol. The summed E-state index contributed by atoms with van der Waals surface area (Å²) < 4.78 is 5.82. The molecule has 158 valence electrons. The van der Waals surface area contributed by atoms with Gasteiger partial charge in [0.2, 0.25) is 0 Å². The van der Waals surface area contributed by atoms with Crippen LogP contribution in [0.2, 0.25) is 0 Å². The van der Waals surface area contributed by atoms with Gasteiger partial charge in [0.25, 0.3) is 0 Å². The number of unbranched alkanes of at least 4 members (excludes halogenated alkanes) is 3. The van der Waals surface area contributed by atoms with Crippen LogP contribution in [0, 0.1) is 17.8 Å². The number of hydrogen-bond acceptors (Lipinski definition) is 1. The smallest absolute Gasteiger partial charge is 0.119 e. The fraction of sp³-hybridized carbons (Fsp3) is 0.778. The highest BCUT2D eigenvalue weighted by molar-refractivity contribution is 5.29. The SMILES string of the molecule is CCCCCC1CCC(C2CCC(c3ccc(OCCCC)cc3)CC2)CC1. The van der Waals surface area contributed by atoms with E-state index in [1.807, 2.05) is 0 Å². The highest BCUT2D eigenvalue weighted by atomic mass is 16.5. The minimum Gasteiger partial charge on any atom is -0.494 e. The lowest BCUT2D eigenvalue weighted by Gasteiger charge is -2.38. The van der Waals surface area contributed by atoms with E-state index in [4.69, 9.17) is 4.74 Å². The molecule has 0 saturated heterocycles. The molecule has 1 nitrogen and oxygen atoms in total. The molecule has 0 aliphatic heterocycles. The van der Waals surface area contributed by atoms with E-state index in [9.17, 15) is 0 Å². The van der Waals surface area contributed by atoms with E-state index in [-0.39, 0.29) is 0 Å². The number of benzene rings is 1. The first kappa shape index (κ1) is 21.7. The van der Waals surface area contributed by atoms with Gasteiger partial charge in [-0.2, -0.15) is 0 Å². The minimum absolute atomic E-state index is 0.784. The van der Waals surface area contributed by atoms with Crippen LogP contribution in [0.15, 0.2) is 24.3 Å². The molecule has 0 unspecified atom stereocenters. The van der Waals surface area contributed by atoms with E-state index in [1.165, 1.54) is 83.5 Å². The molecule has 2 aliphatic carbocycles. The molecule has 1 aromatic carbocycles. The fourth-order valence-electron chi connectivity index (χ4n) is 5.73. The summed E-state index contributed by atoms with van der Waals surface area (Å²) in [6.07, 6.45) is 19.9. The molecule has 3 rings (SSSR count). The van der Waals surface area contributed by atoms with Gasteiger partial charge < -0.3 is 4.74 Å². The number of rotatable bonds is 10. The van der Waals surface area contributed by atoms with Crippen molar-refractivity contribution in [1.82, 2.24) is 0 Å². The Bertz CT molecular complexity index is 518. The molecule has 0 radical (unpaired) electrons. The van der Waals surface area contributed by atoms with Crippen molar-refractivity contribution >= 4 is 0 Å². The van der Waals surface area contributed by atoms with Crippen LogP contribution in [0.25, 0.3) is 0 Å². The van der Waals surface area contributed by atoms with Crippen molar-refractivity contribution in [3.8, 4) is 5.75 Å². The normalized spacial score (nSPS) is 28.2. The standard InChI is InChI=1S/C27H44O/c1-3-5-7-8-22-9-11-23(12-10-22)24-13-15-25(16-14-24)26-17-19-27(20-18-26)28-21-6-4-2/h17-20,22-25H,3-16,21H2,1-2H3. The highest BCUT2D eigenvalue weighted by Gasteiger charge is 2.31. The van der Waals surface area contributed by atoms with Crippen LogP contribution >= 0.6 is 0 Å². The van der Waals surface area contributed by atoms with E-state index in [0.29, 0.717) is 0 Å². The second-order valence-electron chi connectivity index (χ2n) is 9.66. The van der Waals surface area contributed by atoms with Crippen molar-refractivity contribution in [2.45, 2.75) is 110 Å². The lowest BCUT2D eigenvalue weighted by Crippen LogP contribution is -2.25. The van der Waals surface area contributed by atoms with Gasteiger partial charge in [0, 0.05) is 0 Å². The Morgan fingerprint density at radius 1 is 0.714 bits per heavy atom. The Balaban J connectivity index is 1.38. The van der Waals surface area contributed by atoms with E-state index in [1.54, 1.807) is 5.56 Å². The van der Waals surface area contributed by atoms with Crippen LogP contribution in [-0.4, -0.2) is 6.61 Å². The topological polar surface area (TPSA) is 9.23 Å². The Kier molecular flexibility index (Phi) is 9.22. The highest BCUT2D eigenvalue weighted by Crippen LogP contribution is 2.44. The van der Waals surface area contributed by atoms with Gasteiger partial charge >= 0.3 is 0 Å². The summed E-state index contributed by atoms with van der Waals surface area (Å²) in [5, 5.41) is 0. The third-order valence-electron chi connectivity index (χ3n) is 7.66. The predicted octanol–water partition coefficient (Wildman–Crippen LogP) is 8.53. The molecule has 0 aromatic heterocycles. The Labute approximate surface area is 174 Å². The molecule has 0 N–H and O–H groups in total. The molecule has 0 heterocycles. The van der Waals surface area contributed by atoms with Crippen molar-refractivity contribution < 1.29 is 4.74 Å². The zero-order chi connectivity index (χ0) is 19.6. The Morgan fingerprint density at radius 3 is 1.93 bits per heavy atom. The van der Waals surface area contributed by atoms with Crippen molar-refractivity contribution in [3.05, 3.63) is 29.8 Å².